The average Bonchev–Trinajstić information content (AvgIpc) is 3.06. The van der Waals surface area contributed by atoms with Crippen LogP contribution in [0.3, 0.4) is 0 Å². The van der Waals surface area contributed by atoms with E-state index in [1.165, 1.54) is 27.7 Å². The van der Waals surface area contributed by atoms with E-state index in [0.29, 0.717) is 6.61 Å². The minimum Gasteiger partial charge on any atom is -0.491 e. The lowest BCUT2D eigenvalue weighted by molar-refractivity contribution is 0.0952. The Kier molecular flexibility index (Phi) is 3.60. The van der Waals surface area contributed by atoms with Crippen molar-refractivity contribution >= 4 is 10.9 Å². The highest BCUT2D eigenvalue weighted by Crippen LogP contribution is 2.40. The van der Waals surface area contributed by atoms with Gasteiger partial charge < -0.3 is 9.72 Å². The number of hydrogen-bond acceptors (Lipinski definition) is 2. The third-order valence-electron chi connectivity index (χ3n) is 5.41. The van der Waals surface area contributed by atoms with Crippen molar-refractivity contribution in [3.05, 3.63) is 83.3 Å². The zero-order valence-electron chi connectivity index (χ0n) is 14.2. The predicted octanol–water partition coefficient (Wildman–Crippen LogP) is 4.57. The monoisotopic (exact) mass is 330 g/mol. The Bertz CT molecular complexity index is 926. The summed E-state index contributed by atoms with van der Waals surface area (Å²) in [5.41, 5.74) is 5.25. The second-order valence-electron chi connectivity index (χ2n) is 6.92. The summed E-state index contributed by atoms with van der Waals surface area (Å²) in [6.07, 6.45) is 4.46. The van der Waals surface area contributed by atoms with Crippen LogP contribution in [0, 0.1) is 0 Å². The SMILES string of the molecule is C1=C(OCc2ccccc2)C2c3[nH]c4ccccc4c3CCN2CC1. The van der Waals surface area contributed by atoms with Gasteiger partial charge in [-0.1, -0.05) is 48.5 Å². The van der Waals surface area contributed by atoms with Crippen LogP contribution in [0.1, 0.15) is 29.3 Å². The van der Waals surface area contributed by atoms with Gasteiger partial charge in [0.15, 0.2) is 0 Å². The maximum Gasteiger partial charge on any atom is 0.116 e. The molecule has 0 amide bonds. The summed E-state index contributed by atoms with van der Waals surface area (Å²) in [5, 5.41) is 1.37. The van der Waals surface area contributed by atoms with Gasteiger partial charge in [-0.15, -0.1) is 0 Å². The van der Waals surface area contributed by atoms with E-state index in [4.69, 9.17) is 4.74 Å². The number of ether oxygens (including phenoxy) is 1. The molecule has 1 N–H and O–H groups in total. The fourth-order valence-corrected chi connectivity index (χ4v) is 4.22. The quantitative estimate of drug-likeness (QED) is 0.762. The van der Waals surface area contributed by atoms with Gasteiger partial charge in [0.1, 0.15) is 18.4 Å². The van der Waals surface area contributed by atoms with Crippen molar-refractivity contribution in [2.45, 2.75) is 25.5 Å². The first-order valence-corrected chi connectivity index (χ1v) is 9.10. The molecule has 2 aliphatic heterocycles. The topological polar surface area (TPSA) is 28.3 Å². The zero-order valence-corrected chi connectivity index (χ0v) is 14.2. The molecule has 1 atom stereocenters. The smallest absolute Gasteiger partial charge is 0.116 e. The van der Waals surface area contributed by atoms with Crippen molar-refractivity contribution in [2.24, 2.45) is 0 Å². The molecule has 1 unspecified atom stereocenters. The van der Waals surface area contributed by atoms with Crippen LogP contribution in [-0.4, -0.2) is 23.0 Å². The first-order chi connectivity index (χ1) is 12.4. The van der Waals surface area contributed by atoms with Crippen LogP contribution in [-0.2, 0) is 17.8 Å². The van der Waals surface area contributed by atoms with Crippen molar-refractivity contribution in [2.75, 3.05) is 13.1 Å². The van der Waals surface area contributed by atoms with Gasteiger partial charge in [0.2, 0.25) is 0 Å². The highest BCUT2D eigenvalue weighted by molar-refractivity contribution is 5.85. The van der Waals surface area contributed by atoms with Crippen molar-refractivity contribution in [1.29, 1.82) is 0 Å². The van der Waals surface area contributed by atoms with Gasteiger partial charge in [0.25, 0.3) is 0 Å². The van der Waals surface area contributed by atoms with Gasteiger partial charge in [-0.2, -0.15) is 0 Å². The molecule has 3 heteroatoms. The first-order valence-electron chi connectivity index (χ1n) is 9.10. The van der Waals surface area contributed by atoms with Crippen LogP contribution in [0.15, 0.2) is 66.4 Å². The van der Waals surface area contributed by atoms with Crippen LogP contribution in [0.2, 0.25) is 0 Å². The molecule has 1 aromatic heterocycles. The van der Waals surface area contributed by atoms with Crippen LogP contribution >= 0.6 is 0 Å². The second kappa shape index (κ2) is 6.08. The zero-order chi connectivity index (χ0) is 16.6. The van der Waals surface area contributed by atoms with Gasteiger partial charge >= 0.3 is 0 Å². The van der Waals surface area contributed by atoms with Crippen LogP contribution in [0.4, 0.5) is 0 Å². The van der Waals surface area contributed by atoms with Crippen molar-refractivity contribution in [3.63, 3.8) is 0 Å². The van der Waals surface area contributed by atoms with Crippen molar-refractivity contribution in [1.82, 2.24) is 9.88 Å². The largest absolute Gasteiger partial charge is 0.491 e. The molecule has 0 saturated carbocycles. The molecule has 0 aliphatic carbocycles. The maximum absolute atomic E-state index is 6.29. The Hall–Kier alpha value is -2.52. The van der Waals surface area contributed by atoms with Crippen molar-refractivity contribution in [3.8, 4) is 0 Å². The molecule has 126 valence electrons. The summed E-state index contributed by atoms with van der Waals surface area (Å²) in [6.45, 7) is 2.84. The highest BCUT2D eigenvalue weighted by atomic mass is 16.5. The highest BCUT2D eigenvalue weighted by Gasteiger charge is 2.35. The molecule has 3 heterocycles. The molecule has 5 rings (SSSR count). The van der Waals surface area contributed by atoms with Crippen LogP contribution < -0.4 is 0 Å². The minimum absolute atomic E-state index is 0.230. The van der Waals surface area contributed by atoms with E-state index in [0.717, 1.165) is 31.7 Å². The molecule has 0 saturated heterocycles. The molecule has 3 nitrogen and oxygen atoms in total. The Labute approximate surface area is 147 Å². The molecule has 2 aromatic carbocycles. The van der Waals surface area contributed by atoms with E-state index in [-0.39, 0.29) is 6.04 Å². The summed E-state index contributed by atoms with van der Waals surface area (Å²) in [5.74, 6) is 1.10. The van der Waals surface area contributed by atoms with E-state index in [1.807, 2.05) is 6.07 Å². The number of aromatic amines is 1. The molecular weight excluding hydrogens is 308 g/mol. The fourth-order valence-electron chi connectivity index (χ4n) is 4.22. The maximum atomic E-state index is 6.29. The van der Waals surface area contributed by atoms with Gasteiger partial charge in [-0.3, -0.25) is 4.90 Å². The summed E-state index contributed by atoms with van der Waals surface area (Å²) in [7, 11) is 0. The number of H-pyrrole nitrogens is 1. The van der Waals surface area contributed by atoms with Crippen LogP contribution in [0.25, 0.3) is 10.9 Å². The summed E-state index contributed by atoms with van der Waals surface area (Å²) in [6, 6.07) is 19.3. The fraction of sp³-hybridized carbons (Fsp3) is 0.273. The second-order valence-corrected chi connectivity index (χ2v) is 6.92. The molecule has 2 aliphatic rings. The van der Waals surface area contributed by atoms with E-state index >= 15 is 0 Å². The van der Waals surface area contributed by atoms with Crippen LogP contribution in [0.5, 0.6) is 0 Å². The third-order valence-corrected chi connectivity index (χ3v) is 5.41. The van der Waals surface area contributed by atoms with Gasteiger partial charge in [-0.25, -0.2) is 0 Å². The number of rotatable bonds is 3. The standard InChI is InChI=1S/C22H22N2O/c1-2-7-16(8-3-1)15-25-20-11-6-13-24-14-12-18-17-9-4-5-10-19(17)23-21(18)22(20)24/h1-5,7-11,22-23H,6,12-15H2. The Balaban J connectivity index is 1.49. The summed E-state index contributed by atoms with van der Waals surface area (Å²) in [4.78, 5) is 6.23. The molecule has 25 heavy (non-hydrogen) atoms. The van der Waals surface area contributed by atoms with E-state index < -0.39 is 0 Å². The number of benzene rings is 2. The average molecular weight is 330 g/mol. The van der Waals surface area contributed by atoms with Crippen molar-refractivity contribution < 1.29 is 4.74 Å². The normalized spacial score (nSPS) is 20.0. The summed E-state index contributed by atoms with van der Waals surface area (Å²) < 4.78 is 6.29. The number of aromatic nitrogens is 1. The number of nitrogens with zero attached hydrogens (tertiary/aromatic N) is 1. The molecule has 0 spiro atoms. The van der Waals surface area contributed by atoms with E-state index in [1.54, 1.807) is 0 Å². The first kappa shape index (κ1) is 14.8. The Morgan fingerprint density at radius 2 is 1.84 bits per heavy atom. The van der Waals surface area contributed by atoms with Gasteiger partial charge in [0, 0.05) is 29.7 Å². The molecule has 0 radical (unpaired) electrons. The van der Waals surface area contributed by atoms with E-state index in [2.05, 4.69) is 64.5 Å². The molecule has 0 fully saturated rings. The lowest BCUT2D eigenvalue weighted by Crippen LogP contribution is -2.39. The lowest BCUT2D eigenvalue weighted by atomic mass is 9.93. The minimum atomic E-state index is 0.230. The third kappa shape index (κ3) is 2.56. The number of nitrogens with one attached hydrogen (secondary N) is 1. The molecular formula is C22H22N2O. The van der Waals surface area contributed by atoms with Gasteiger partial charge in [-0.05, 0) is 36.1 Å². The number of fused-ring (bicyclic) bond motifs is 5. The lowest BCUT2D eigenvalue weighted by Gasteiger charge is -2.39. The van der Waals surface area contributed by atoms with E-state index in [9.17, 15) is 0 Å². The predicted molar refractivity (Wildman–Crippen MR) is 100 cm³/mol. The Morgan fingerprint density at radius 1 is 1.00 bits per heavy atom. The summed E-state index contributed by atoms with van der Waals surface area (Å²) >= 11 is 0. The number of para-hydroxylation sites is 1. The van der Waals surface area contributed by atoms with Gasteiger partial charge in [0.05, 0.1) is 0 Å². The molecule has 3 aromatic rings. The number of hydrogen-bond donors (Lipinski definition) is 1. The Morgan fingerprint density at radius 3 is 2.76 bits per heavy atom. The molecule has 0 bridgehead atoms.